The predicted molar refractivity (Wildman–Crippen MR) is 91.6 cm³/mol. The van der Waals surface area contributed by atoms with Crippen molar-refractivity contribution in [1.82, 2.24) is 9.88 Å². The van der Waals surface area contributed by atoms with Gasteiger partial charge in [0, 0.05) is 13.1 Å². The van der Waals surface area contributed by atoms with E-state index in [0.29, 0.717) is 12.4 Å². The summed E-state index contributed by atoms with van der Waals surface area (Å²) < 4.78 is 0. The molecule has 0 atom stereocenters. The topological polar surface area (TPSA) is 65.5 Å². The molecule has 0 amide bonds. The largest absolute Gasteiger partial charge is 0.477 e. The number of hydrogen-bond acceptors (Lipinski definition) is 4. The molecule has 5 heteroatoms. The highest BCUT2D eigenvalue weighted by molar-refractivity contribution is 5.85. The maximum Gasteiger partial charge on any atom is 0.354 e. The predicted octanol–water partition coefficient (Wildman–Crippen LogP) is 3.23. The number of carboxylic acids is 1. The van der Waals surface area contributed by atoms with Gasteiger partial charge in [-0.25, -0.2) is 9.78 Å². The lowest BCUT2D eigenvalue weighted by atomic mass is 10.1. The van der Waals surface area contributed by atoms with E-state index < -0.39 is 5.97 Å². The van der Waals surface area contributed by atoms with Crippen molar-refractivity contribution < 1.29 is 9.90 Å². The number of hydrogen-bond donors (Lipinski definition) is 2. The Morgan fingerprint density at radius 1 is 1.13 bits per heavy atom. The first-order valence-corrected chi connectivity index (χ1v) is 7.86. The van der Waals surface area contributed by atoms with Crippen molar-refractivity contribution in [2.24, 2.45) is 0 Å². The third-order valence-electron chi connectivity index (χ3n) is 3.73. The van der Waals surface area contributed by atoms with Gasteiger partial charge >= 0.3 is 5.97 Å². The summed E-state index contributed by atoms with van der Waals surface area (Å²) in [5.41, 5.74) is 2.47. The van der Waals surface area contributed by atoms with Crippen LogP contribution in [0.15, 0.2) is 42.5 Å². The molecule has 1 aromatic heterocycles. The van der Waals surface area contributed by atoms with Crippen LogP contribution in [0, 0.1) is 0 Å². The summed E-state index contributed by atoms with van der Waals surface area (Å²) in [4.78, 5) is 17.4. The minimum absolute atomic E-state index is 0.0466. The van der Waals surface area contributed by atoms with Crippen LogP contribution in [0.3, 0.4) is 0 Å². The molecular weight excluding hydrogens is 290 g/mol. The molecule has 5 nitrogen and oxygen atoms in total. The third-order valence-corrected chi connectivity index (χ3v) is 3.73. The highest BCUT2D eigenvalue weighted by Crippen LogP contribution is 2.11. The molecule has 2 N–H and O–H groups in total. The molecule has 0 bridgehead atoms. The number of nitrogens with zero attached hydrogens (tertiary/aromatic N) is 2. The maximum atomic E-state index is 10.9. The SMILES string of the molecule is CCN(CC)Cc1cccc(CNc2cccc(C(=O)O)n2)c1. The molecule has 0 unspecified atom stereocenters. The second-order valence-electron chi connectivity index (χ2n) is 5.35. The summed E-state index contributed by atoms with van der Waals surface area (Å²) in [6, 6.07) is 13.4. The van der Waals surface area contributed by atoms with Gasteiger partial charge < -0.3 is 10.4 Å². The average Bonchev–Trinajstić information content (AvgIpc) is 2.58. The van der Waals surface area contributed by atoms with Gasteiger partial charge in [-0.1, -0.05) is 44.2 Å². The molecule has 0 aliphatic rings. The number of anilines is 1. The van der Waals surface area contributed by atoms with Crippen LogP contribution in [-0.2, 0) is 13.1 Å². The van der Waals surface area contributed by atoms with Gasteiger partial charge in [-0.3, -0.25) is 4.90 Å². The van der Waals surface area contributed by atoms with Crippen LogP contribution in [0.5, 0.6) is 0 Å². The summed E-state index contributed by atoms with van der Waals surface area (Å²) in [5, 5.41) is 12.1. The van der Waals surface area contributed by atoms with Gasteiger partial charge in [0.2, 0.25) is 0 Å². The molecule has 1 heterocycles. The molecule has 0 aliphatic carbocycles. The Morgan fingerprint density at radius 3 is 2.52 bits per heavy atom. The van der Waals surface area contributed by atoms with Crippen LogP contribution in [0.25, 0.3) is 0 Å². The number of nitrogens with one attached hydrogen (secondary N) is 1. The Labute approximate surface area is 137 Å². The van der Waals surface area contributed by atoms with Crippen LogP contribution in [0.1, 0.15) is 35.5 Å². The van der Waals surface area contributed by atoms with E-state index in [1.54, 1.807) is 12.1 Å². The van der Waals surface area contributed by atoms with Crippen molar-refractivity contribution in [3.63, 3.8) is 0 Å². The van der Waals surface area contributed by atoms with Gasteiger partial charge in [0.1, 0.15) is 5.82 Å². The smallest absolute Gasteiger partial charge is 0.354 e. The highest BCUT2D eigenvalue weighted by Gasteiger charge is 2.05. The van der Waals surface area contributed by atoms with Gasteiger partial charge in [0.25, 0.3) is 0 Å². The lowest BCUT2D eigenvalue weighted by molar-refractivity contribution is 0.0690. The van der Waals surface area contributed by atoms with Crippen LogP contribution < -0.4 is 5.32 Å². The third kappa shape index (κ3) is 5.07. The molecule has 122 valence electrons. The van der Waals surface area contributed by atoms with Crippen molar-refractivity contribution in [3.05, 3.63) is 59.3 Å². The van der Waals surface area contributed by atoms with E-state index in [1.165, 1.54) is 11.6 Å². The van der Waals surface area contributed by atoms with Crippen molar-refractivity contribution in [2.75, 3.05) is 18.4 Å². The van der Waals surface area contributed by atoms with E-state index in [9.17, 15) is 4.79 Å². The second-order valence-corrected chi connectivity index (χ2v) is 5.35. The van der Waals surface area contributed by atoms with Crippen LogP contribution in [0.2, 0.25) is 0 Å². The zero-order valence-corrected chi connectivity index (χ0v) is 13.6. The number of rotatable bonds is 8. The van der Waals surface area contributed by atoms with Gasteiger partial charge in [-0.05, 0) is 36.3 Å². The number of carbonyl (C=O) groups is 1. The molecule has 23 heavy (non-hydrogen) atoms. The number of carboxylic acid groups (broad SMARTS) is 1. The van der Waals surface area contributed by atoms with E-state index in [1.807, 2.05) is 0 Å². The van der Waals surface area contributed by atoms with Crippen LogP contribution in [0.4, 0.5) is 5.82 Å². The molecule has 0 saturated carbocycles. The lowest BCUT2D eigenvalue weighted by Crippen LogP contribution is -2.22. The maximum absolute atomic E-state index is 10.9. The van der Waals surface area contributed by atoms with E-state index in [-0.39, 0.29) is 5.69 Å². The minimum atomic E-state index is -1.02. The van der Waals surface area contributed by atoms with Gasteiger partial charge in [0.05, 0.1) is 0 Å². The van der Waals surface area contributed by atoms with Crippen molar-refractivity contribution in [2.45, 2.75) is 26.9 Å². The second kappa shape index (κ2) is 8.29. The van der Waals surface area contributed by atoms with Crippen molar-refractivity contribution >= 4 is 11.8 Å². The molecule has 0 fully saturated rings. The van der Waals surface area contributed by atoms with E-state index >= 15 is 0 Å². The number of benzene rings is 1. The Hall–Kier alpha value is -2.40. The number of aromatic carboxylic acids is 1. The van der Waals surface area contributed by atoms with Crippen LogP contribution in [-0.4, -0.2) is 34.0 Å². The standard InChI is InChI=1S/C18H23N3O2/c1-3-21(4-2)13-15-8-5-7-14(11-15)12-19-17-10-6-9-16(20-17)18(22)23/h5-11H,3-4,12-13H2,1-2H3,(H,19,20)(H,22,23). The van der Waals surface area contributed by atoms with Gasteiger partial charge in [-0.2, -0.15) is 0 Å². The summed E-state index contributed by atoms with van der Waals surface area (Å²) in [6.07, 6.45) is 0. The fourth-order valence-electron chi connectivity index (χ4n) is 2.39. The van der Waals surface area contributed by atoms with Gasteiger partial charge in [0.15, 0.2) is 5.69 Å². The van der Waals surface area contributed by atoms with Gasteiger partial charge in [-0.15, -0.1) is 0 Å². The Kier molecular flexibility index (Phi) is 6.11. The Morgan fingerprint density at radius 2 is 1.83 bits per heavy atom. The molecule has 2 rings (SSSR count). The molecule has 0 radical (unpaired) electrons. The zero-order valence-electron chi connectivity index (χ0n) is 13.6. The van der Waals surface area contributed by atoms with E-state index in [4.69, 9.17) is 5.11 Å². The minimum Gasteiger partial charge on any atom is -0.477 e. The van der Waals surface area contributed by atoms with E-state index in [0.717, 1.165) is 25.2 Å². The molecular formula is C18H23N3O2. The summed E-state index contributed by atoms with van der Waals surface area (Å²) in [7, 11) is 0. The Balaban J connectivity index is 2.00. The number of pyridine rings is 1. The summed E-state index contributed by atoms with van der Waals surface area (Å²) >= 11 is 0. The molecule has 0 saturated heterocycles. The monoisotopic (exact) mass is 313 g/mol. The van der Waals surface area contributed by atoms with Crippen molar-refractivity contribution in [3.8, 4) is 0 Å². The number of aromatic nitrogens is 1. The molecule has 0 spiro atoms. The Bertz CT molecular complexity index is 654. The molecule has 0 aliphatic heterocycles. The zero-order chi connectivity index (χ0) is 16.7. The highest BCUT2D eigenvalue weighted by atomic mass is 16.4. The quantitative estimate of drug-likeness (QED) is 0.783. The van der Waals surface area contributed by atoms with Crippen LogP contribution >= 0.6 is 0 Å². The fraction of sp³-hybridized carbons (Fsp3) is 0.333. The normalized spacial score (nSPS) is 10.7. The summed E-state index contributed by atoms with van der Waals surface area (Å²) in [6.45, 7) is 7.94. The first-order valence-electron chi connectivity index (χ1n) is 7.86. The first kappa shape index (κ1) is 17.0. The summed E-state index contributed by atoms with van der Waals surface area (Å²) in [5.74, 6) is -0.450. The fourth-order valence-corrected chi connectivity index (χ4v) is 2.39. The van der Waals surface area contributed by atoms with Crippen molar-refractivity contribution in [1.29, 1.82) is 0 Å². The molecule has 2 aromatic rings. The molecule has 1 aromatic carbocycles. The van der Waals surface area contributed by atoms with E-state index in [2.05, 4.69) is 53.3 Å². The average molecular weight is 313 g/mol. The first-order chi connectivity index (χ1) is 11.1. The lowest BCUT2D eigenvalue weighted by Gasteiger charge is -2.18.